The molecule has 0 saturated carbocycles. The van der Waals surface area contributed by atoms with E-state index in [2.05, 4.69) is 24.5 Å². The van der Waals surface area contributed by atoms with E-state index < -0.39 is 0 Å². The fraction of sp³-hybridized carbons (Fsp3) is 0.864. The smallest absolute Gasteiger partial charge is 0.220 e. The fourth-order valence-corrected chi connectivity index (χ4v) is 1.92. The molecule has 30 heavy (non-hydrogen) atoms. The molecule has 8 nitrogen and oxygen atoms in total. The Bertz CT molecular complexity index is 366. The van der Waals surface area contributed by atoms with Crippen molar-refractivity contribution >= 4 is 18.1 Å². The van der Waals surface area contributed by atoms with E-state index in [9.17, 15) is 14.4 Å². The van der Waals surface area contributed by atoms with Gasteiger partial charge in [0.1, 0.15) is 6.61 Å². The monoisotopic (exact) mass is 434 g/mol. The van der Waals surface area contributed by atoms with Gasteiger partial charge in [-0.25, -0.2) is 0 Å². The van der Waals surface area contributed by atoms with Crippen LogP contribution in [0, 0.1) is 0 Å². The van der Waals surface area contributed by atoms with Crippen LogP contribution >= 0.6 is 0 Å². The van der Waals surface area contributed by atoms with Gasteiger partial charge in [0.2, 0.25) is 12.3 Å². The molecule has 0 bridgehead atoms. The molecule has 0 spiro atoms. The third kappa shape index (κ3) is 37.3. The highest BCUT2D eigenvalue weighted by atomic mass is 16.5. The number of hydrogen-bond donors (Lipinski definition) is 2. The first kappa shape index (κ1) is 33.1. The van der Waals surface area contributed by atoms with Crippen LogP contribution in [-0.4, -0.2) is 70.8 Å². The van der Waals surface area contributed by atoms with Crippen LogP contribution in [0.25, 0.3) is 0 Å². The minimum absolute atomic E-state index is 0.0101. The number of carbonyl (C=O) groups excluding carboxylic acids is 3. The van der Waals surface area contributed by atoms with Crippen molar-refractivity contribution in [1.29, 1.82) is 0 Å². The van der Waals surface area contributed by atoms with Crippen molar-refractivity contribution in [2.75, 3.05) is 52.7 Å². The van der Waals surface area contributed by atoms with Crippen molar-refractivity contribution in [3.63, 3.8) is 0 Å². The van der Waals surface area contributed by atoms with E-state index in [0.29, 0.717) is 59.0 Å². The van der Waals surface area contributed by atoms with Gasteiger partial charge in [-0.15, -0.1) is 0 Å². The van der Waals surface area contributed by atoms with Crippen LogP contribution < -0.4 is 10.6 Å². The van der Waals surface area contributed by atoms with Crippen molar-refractivity contribution < 1.29 is 28.6 Å². The van der Waals surface area contributed by atoms with Gasteiger partial charge >= 0.3 is 0 Å². The summed E-state index contributed by atoms with van der Waals surface area (Å²) in [5.74, 6) is -0.0238. The van der Waals surface area contributed by atoms with Crippen LogP contribution in [0.1, 0.15) is 73.1 Å². The molecule has 0 aromatic heterocycles. The van der Waals surface area contributed by atoms with Crippen LogP contribution in [-0.2, 0) is 28.6 Å². The molecule has 180 valence electrons. The molecule has 8 heteroatoms. The SMILES string of the molecule is CC.CC(=O)COCCOCCNC(=O)CCCCOCCNC=O.CCCCC. The summed E-state index contributed by atoms with van der Waals surface area (Å²) in [5.41, 5.74) is 0. The Morgan fingerprint density at radius 2 is 1.40 bits per heavy atom. The summed E-state index contributed by atoms with van der Waals surface area (Å²) in [6.07, 6.45) is 6.73. The molecule has 0 radical (unpaired) electrons. The molecule has 0 aliphatic carbocycles. The van der Waals surface area contributed by atoms with E-state index in [1.807, 2.05) is 13.8 Å². The van der Waals surface area contributed by atoms with E-state index in [1.54, 1.807) is 0 Å². The highest BCUT2D eigenvalue weighted by molar-refractivity contribution is 5.76. The fourth-order valence-electron chi connectivity index (χ4n) is 1.92. The maximum absolute atomic E-state index is 11.5. The Balaban J connectivity index is -0.000000901. The van der Waals surface area contributed by atoms with Crippen molar-refractivity contribution in [2.24, 2.45) is 0 Å². The van der Waals surface area contributed by atoms with E-state index in [4.69, 9.17) is 14.2 Å². The average molecular weight is 435 g/mol. The van der Waals surface area contributed by atoms with E-state index in [0.717, 1.165) is 12.8 Å². The molecule has 0 heterocycles. The highest BCUT2D eigenvalue weighted by Gasteiger charge is 2.00. The van der Waals surface area contributed by atoms with E-state index >= 15 is 0 Å². The first-order valence-corrected chi connectivity index (χ1v) is 11.2. The lowest BCUT2D eigenvalue weighted by Gasteiger charge is -2.07. The lowest BCUT2D eigenvalue weighted by Crippen LogP contribution is -2.27. The summed E-state index contributed by atoms with van der Waals surface area (Å²) < 4.78 is 15.6. The molecule has 0 saturated heterocycles. The standard InChI is InChI=1S/C15H28N2O6.C5H12.C2H6/c1-14(19)12-23-11-10-22-9-6-17-15(20)4-2-3-7-21-8-5-16-13-18;1-3-5-4-2;1-2/h13H,2-12H2,1H3,(H,16,18)(H,17,20);3-5H2,1-2H3;1-2H3. The second-order valence-corrected chi connectivity index (χ2v) is 6.21. The van der Waals surface area contributed by atoms with Crippen molar-refractivity contribution in [3.05, 3.63) is 0 Å². The van der Waals surface area contributed by atoms with Gasteiger partial charge in [0, 0.05) is 26.1 Å². The molecule has 0 unspecified atom stereocenters. The maximum Gasteiger partial charge on any atom is 0.220 e. The molecule has 0 aliphatic rings. The number of ketones is 1. The molecular weight excluding hydrogens is 388 g/mol. The lowest BCUT2D eigenvalue weighted by atomic mass is 10.2. The van der Waals surface area contributed by atoms with Gasteiger partial charge in [-0.3, -0.25) is 14.4 Å². The normalized spacial score (nSPS) is 9.50. The van der Waals surface area contributed by atoms with Crippen molar-refractivity contribution in [1.82, 2.24) is 10.6 Å². The van der Waals surface area contributed by atoms with Crippen LogP contribution in [0.2, 0.25) is 0 Å². The maximum atomic E-state index is 11.5. The number of rotatable bonds is 19. The van der Waals surface area contributed by atoms with Gasteiger partial charge in [0.15, 0.2) is 5.78 Å². The molecular formula is C22H46N2O6. The summed E-state index contributed by atoms with van der Waals surface area (Å²) in [5, 5.41) is 5.26. The molecule has 0 atom stereocenters. The molecule has 0 aromatic carbocycles. The number of amides is 2. The van der Waals surface area contributed by atoms with Crippen molar-refractivity contribution in [3.8, 4) is 0 Å². The third-order valence-corrected chi connectivity index (χ3v) is 3.37. The molecule has 0 aromatic rings. The average Bonchev–Trinajstić information content (AvgIpc) is 2.74. The number of nitrogens with one attached hydrogen (secondary N) is 2. The van der Waals surface area contributed by atoms with E-state index in [1.165, 1.54) is 26.2 Å². The summed E-state index contributed by atoms with van der Waals surface area (Å²) >= 11 is 0. The van der Waals surface area contributed by atoms with Gasteiger partial charge in [-0.2, -0.15) is 0 Å². The second-order valence-electron chi connectivity index (χ2n) is 6.21. The minimum Gasteiger partial charge on any atom is -0.380 e. The predicted octanol–water partition coefficient (Wildman–Crippen LogP) is 2.88. The summed E-state index contributed by atoms with van der Waals surface area (Å²) in [6, 6.07) is 0. The number of hydrogen-bond acceptors (Lipinski definition) is 6. The van der Waals surface area contributed by atoms with Gasteiger partial charge < -0.3 is 24.8 Å². The Labute approximate surface area is 183 Å². The molecule has 0 aliphatic heterocycles. The van der Waals surface area contributed by atoms with Gasteiger partial charge in [0.25, 0.3) is 0 Å². The lowest BCUT2D eigenvalue weighted by molar-refractivity contribution is -0.123. The zero-order valence-electron chi connectivity index (χ0n) is 19.9. The quantitative estimate of drug-likeness (QED) is 0.239. The Morgan fingerprint density at radius 1 is 0.800 bits per heavy atom. The largest absolute Gasteiger partial charge is 0.380 e. The topological polar surface area (TPSA) is 103 Å². The molecule has 0 fully saturated rings. The van der Waals surface area contributed by atoms with Crippen LogP contribution in [0.5, 0.6) is 0 Å². The first-order valence-electron chi connectivity index (χ1n) is 11.2. The predicted molar refractivity (Wildman–Crippen MR) is 121 cm³/mol. The van der Waals surface area contributed by atoms with Crippen molar-refractivity contribution in [2.45, 2.75) is 73.1 Å². The first-order chi connectivity index (χ1) is 14.6. The number of unbranched alkanes of at least 4 members (excludes halogenated alkanes) is 3. The second kappa shape index (κ2) is 32.2. The third-order valence-electron chi connectivity index (χ3n) is 3.37. The van der Waals surface area contributed by atoms with Crippen LogP contribution in [0.3, 0.4) is 0 Å². The summed E-state index contributed by atoms with van der Waals surface area (Å²) in [4.78, 5) is 32.1. The van der Waals surface area contributed by atoms with Gasteiger partial charge in [-0.05, 0) is 19.8 Å². The van der Waals surface area contributed by atoms with Gasteiger partial charge in [-0.1, -0.05) is 47.0 Å². The number of Topliss-reactive ketones (excluding diaryl/α,β-unsaturated/α-hetero) is 1. The number of carbonyl (C=O) groups is 3. The Morgan fingerprint density at radius 3 is 1.97 bits per heavy atom. The molecule has 2 N–H and O–H groups in total. The van der Waals surface area contributed by atoms with E-state index in [-0.39, 0.29) is 18.3 Å². The Kier molecular flexibility index (Phi) is 35.5. The summed E-state index contributed by atoms with van der Waals surface area (Å²) in [6.45, 7) is 13.2. The van der Waals surface area contributed by atoms with Gasteiger partial charge in [0.05, 0.1) is 26.4 Å². The highest BCUT2D eigenvalue weighted by Crippen LogP contribution is 1.95. The minimum atomic E-state index is -0.0136. The molecule has 0 rings (SSSR count). The molecule has 2 amide bonds. The van der Waals surface area contributed by atoms with Crippen LogP contribution in [0.15, 0.2) is 0 Å². The number of ether oxygens (including phenoxy) is 3. The van der Waals surface area contributed by atoms with Crippen LogP contribution in [0.4, 0.5) is 0 Å². The Hall–Kier alpha value is -1.51. The zero-order valence-corrected chi connectivity index (χ0v) is 19.9. The zero-order chi connectivity index (χ0) is 23.3. The summed E-state index contributed by atoms with van der Waals surface area (Å²) in [7, 11) is 0.